The summed E-state index contributed by atoms with van der Waals surface area (Å²) >= 11 is 6.64. The van der Waals surface area contributed by atoms with Crippen molar-refractivity contribution in [2.24, 2.45) is 5.41 Å². The maximum absolute atomic E-state index is 13.9. The molecule has 2 aromatic carbocycles. The summed E-state index contributed by atoms with van der Waals surface area (Å²) in [5.41, 5.74) is -2.35. The predicted molar refractivity (Wildman–Crippen MR) is 163 cm³/mol. The zero-order valence-corrected chi connectivity index (χ0v) is 25.1. The molecule has 1 saturated carbocycles. The Hall–Kier alpha value is -4.77. The Balaban J connectivity index is 1.48. The lowest BCUT2D eigenvalue weighted by Crippen LogP contribution is -2.38. The van der Waals surface area contributed by atoms with Crippen molar-refractivity contribution in [3.8, 4) is 6.07 Å². The lowest BCUT2D eigenvalue weighted by Gasteiger charge is -2.28. The zero-order chi connectivity index (χ0) is 33.0. The average Bonchev–Trinajstić information content (AvgIpc) is 3.68. The molecule has 0 bridgehead atoms. The van der Waals surface area contributed by atoms with E-state index in [0.29, 0.717) is 22.0 Å². The van der Waals surface area contributed by atoms with Crippen LogP contribution in [0.3, 0.4) is 0 Å². The van der Waals surface area contributed by atoms with Crippen LogP contribution in [-0.4, -0.2) is 44.1 Å². The normalized spacial score (nSPS) is 15.2. The number of nitrogens with one attached hydrogen (secondary N) is 3. The molecule has 0 radical (unpaired) electrons. The number of pyridine rings is 2. The summed E-state index contributed by atoms with van der Waals surface area (Å²) in [6.45, 7) is 1.55. The van der Waals surface area contributed by atoms with E-state index in [0.717, 1.165) is 13.8 Å². The molecule has 3 heterocycles. The van der Waals surface area contributed by atoms with E-state index in [9.17, 15) is 32.0 Å². The third-order valence-corrected chi connectivity index (χ3v) is 8.71. The van der Waals surface area contributed by atoms with Crippen molar-refractivity contribution < 1.29 is 22.0 Å². The van der Waals surface area contributed by atoms with Crippen LogP contribution in [-0.2, 0) is 5.54 Å². The van der Waals surface area contributed by atoms with E-state index in [1.165, 1.54) is 23.3 Å². The van der Waals surface area contributed by atoms with E-state index in [4.69, 9.17) is 11.6 Å². The van der Waals surface area contributed by atoms with E-state index >= 15 is 0 Å². The van der Waals surface area contributed by atoms with Gasteiger partial charge in [0.25, 0.3) is 12.0 Å². The monoisotopic (exact) mass is 656 g/mol. The van der Waals surface area contributed by atoms with Crippen molar-refractivity contribution in [2.45, 2.75) is 50.9 Å². The lowest BCUT2D eigenvalue weighted by molar-refractivity contribution is -0.206. The first kappa shape index (κ1) is 31.2. The van der Waals surface area contributed by atoms with Crippen molar-refractivity contribution >= 4 is 44.7 Å². The largest absolute Gasteiger partial charge is 0.395 e. The second-order valence-corrected chi connectivity index (χ2v) is 12.3. The van der Waals surface area contributed by atoms with E-state index < -0.39 is 36.1 Å². The van der Waals surface area contributed by atoms with E-state index in [2.05, 4.69) is 30.9 Å². The van der Waals surface area contributed by atoms with Gasteiger partial charge in [0.05, 0.1) is 39.4 Å². The van der Waals surface area contributed by atoms with E-state index in [-0.39, 0.29) is 51.3 Å². The Morgan fingerprint density at radius 1 is 1.15 bits per heavy atom. The summed E-state index contributed by atoms with van der Waals surface area (Å²) in [7, 11) is 0. The highest BCUT2D eigenvalue weighted by Gasteiger charge is 2.54. The number of rotatable bonds is 9. The van der Waals surface area contributed by atoms with Crippen molar-refractivity contribution in [3.05, 3.63) is 87.2 Å². The molecule has 6 rings (SSSR count). The van der Waals surface area contributed by atoms with Gasteiger partial charge in [-0.2, -0.15) is 18.4 Å². The molecule has 1 atom stereocenters. The number of benzene rings is 2. The van der Waals surface area contributed by atoms with Gasteiger partial charge < -0.3 is 15.6 Å². The van der Waals surface area contributed by atoms with E-state index in [1.54, 1.807) is 36.4 Å². The second-order valence-electron chi connectivity index (χ2n) is 11.9. The summed E-state index contributed by atoms with van der Waals surface area (Å²) in [5, 5.41) is 25.5. The molecule has 238 valence electrons. The average molecular weight is 657 g/mol. The highest BCUT2D eigenvalue weighted by atomic mass is 35.5. The lowest BCUT2D eigenvalue weighted by atomic mass is 9.92. The van der Waals surface area contributed by atoms with Crippen molar-refractivity contribution in [3.63, 3.8) is 0 Å². The molecule has 0 saturated heterocycles. The van der Waals surface area contributed by atoms with Crippen LogP contribution in [0.5, 0.6) is 0 Å². The van der Waals surface area contributed by atoms with Gasteiger partial charge in [-0.3, -0.25) is 9.78 Å². The SMILES string of the molecule is CC(C)(CNc1c(C#N)cnc2c(Cl)cc(N[C@H](c3cn(C4(C(F)F)CC4)nn3)c3cccc4c(=O)[nH]ccc34)cc12)C(F)(F)F. The number of nitrogens with zero attached hydrogens (tertiary/aromatic N) is 5. The highest BCUT2D eigenvalue weighted by Crippen LogP contribution is 2.48. The van der Waals surface area contributed by atoms with Gasteiger partial charge in [-0.05, 0) is 61.9 Å². The summed E-state index contributed by atoms with van der Waals surface area (Å²) in [6.07, 6.45) is -2.54. The Labute approximate surface area is 263 Å². The fraction of sp³-hybridized carbons (Fsp3) is 0.323. The van der Waals surface area contributed by atoms with Crippen LogP contribution in [0.2, 0.25) is 5.02 Å². The van der Waals surface area contributed by atoms with Crippen LogP contribution >= 0.6 is 11.6 Å². The van der Waals surface area contributed by atoms with Crippen molar-refractivity contribution in [1.82, 2.24) is 25.0 Å². The number of aromatic amines is 1. The minimum atomic E-state index is -4.52. The molecule has 1 aliphatic rings. The Kier molecular flexibility index (Phi) is 7.63. The van der Waals surface area contributed by atoms with Gasteiger partial charge in [-0.1, -0.05) is 28.9 Å². The summed E-state index contributed by atoms with van der Waals surface area (Å²) < 4.78 is 70.0. The van der Waals surface area contributed by atoms with Crippen LogP contribution in [0, 0.1) is 16.7 Å². The van der Waals surface area contributed by atoms with Gasteiger partial charge >= 0.3 is 6.18 Å². The number of nitriles is 1. The first-order valence-corrected chi connectivity index (χ1v) is 14.5. The van der Waals surface area contributed by atoms with Crippen LogP contribution < -0.4 is 16.2 Å². The van der Waals surface area contributed by atoms with Gasteiger partial charge in [-0.25, -0.2) is 13.5 Å². The molecule has 46 heavy (non-hydrogen) atoms. The third-order valence-electron chi connectivity index (χ3n) is 8.42. The number of hydrogen-bond donors (Lipinski definition) is 3. The van der Waals surface area contributed by atoms with Gasteiger partial charge in [0, 0.05) is 35.4 Å². The van der Waals surface area contributed by atoms with Gasteiger partial charge in [0.15, 0.2) is 0 Å². The Bertz CT molecular complexity index is 2060. The maximum atomic E-state index is 13.9. The number of aromatic nitrogens is 5. The number of hydrogen-bond acceptors (Lipinski definition) is 7. The molecule has 3 N–H and O–H groups in total. The number of alkyl halides is 5. The molecular formula is C31H26ClF5N8O. The van der Waals surface area contributed by atoms with Crippen molar-refractivity contribution in [2.75, 3.05) is 17.2 Å². The third kappa shape index (κ3) is 5.38. The molecule has 5 aromatic rings. The van der Waals surface area contributed by atoms with Gasteiger partial charge in [0.1, 0.15) is 17.3 Å². The van der Waals surface area contributed by atoms with Crippen molar-refractivity contribution in [1.29, 1.82) is 5.26 Å². The van der Waals surface area contributed by atoms with Gasteiger partial charge in [0.2, 0.25) is 0 Å². The van der Waals surface area contributed by atoms with Crippen LogP contribution in [0.1, 0.15) is 49.6 Å². The molecule has 0 aliphatic heterocycles. The molecule has 3 aromatic heterocycles. The highest BCUT2D eigenvalue weighted by molar-refractivity contribution is 6.35. The van der Waals surface area contributed by atoms with Crippen LogP contribution in [0.4, 0.5) is 33.3 Å². The minimum Gasteiger partial charge on any atom is -0.382 e. The molecule has 15 heteroatoms. The number of fused-ring (bicyclic) bond motifs is 2. The zero-order valence-electron chi connectivity index (χ0n) is 24.4. The fourth-order valence-corrected chi connectivity index (χ4v) is 5.57. The van der Waals surface area contributed by atoms with Crippen LogP contribution in [0.15, 0.2) is 59.8 Å². The summed E-state index contributed by atoms with van der Waals surface area (Å²) in [5.74, 6) is 0. The number of anilines is 2. The topological polar surface area (TPSA) is 124 Å². The minimum absolute atomic E-state index is 0.00759. The summed E-state index contributed by atoms with van der Waals surface area (Å²) in [4.78, 5) is 19.5. The maximum Gasteiger partial charge on any atom is 0.395 e. The smallest absolute Gasteiger partial charge is 0.382 e. The molecule has 0 amide bonds. The Morgan fingerprint density at radius 3 is 2.59 bits per heavy atom. The molecule has 9 nitrogen and oxygen atoms in total. The van der Waals surface area contributed by atoms with Gasteiger partial charge in [-0.15, -0.1) is 5.10 Å². The second kappa shape index (κ2) is 11.2. The molecule has 0 unspecified atom stereocenters. The first-order valence-electron chi connectivity index (χ1n) is 14.2. The molecule has 1 fully saturated rings. The number of H-pyrrole nitrogens is 1. The Morgan fingerprint density at radius 2 is 1.91 bits per heavy atom. The fourth-order valence-electron chi connectivity index (χ4n) is 5.30. The number of halogens is 6. The molecular weight excluding hydrogens is 631 g/mol. The molecule has 0 spiro atoms. The first-order chi connectivity index (χ1) is 21.8. The quantitative estimate of drug-likeness (QED) is 0.144. The predicted octanol–water partition coefficient (Wildman–Crippen LogP) is 7.15. The van der Waals surface area contributed by atoms with Crippen LogP contribution in [0.25, 0.3) is 21.7 Å². The molecule has 1 aliphatic carbocycles. The standard InChI is InChI=1S/C31H26ClF5N8O/c1-29(2,31(35,36)37)15-41-24-16(12-38)13-40-25-21(24)10-17(11-22(25)32)42-26(19-4-3-5-20-18(19)6-9-39-27(20)46)23-14-45(44-43-23)30(7-8-30)28(33)34/h3-6,9-11,13-14,26,28,42H,7-8,15H2,1-2H3,(H,39,46)(H,40,41)/t26-/m0/s1. The summed E-state index contributed by atoms with van der Waals surface area (Å²) in [6, 6.07) is 11.0. The van der Waals surface area contributed by atoms with E-state index in [1.807, 2.05) is 6.07 Å².